The molecule has 7 nitrogen and oxygen atoms in total. The van der Waals surface area contributed by atoms with Crippen molar-refractivity contribution in [3.8, 4) is 0 Å². The van der Waals surface area contributed by atoms with Crippen LogP contribution in [0.2, 0.25) is 5.02 Å². The predicted octanol–water partition coefficient (Wildman–Crippen LogP) is 3.42. The largest absolute Gasteiger partial charge is 0.452 e. The Balaban J connectivity index is 2.15. The predicted molar refractivity (Wildman–Crippen MR) is 103 cm³/mol. The lowest BCUT2D eigenvalue weighted by Gasteiger charge is -2.14. The molecule has 0 bridgehead atoms. The average Bonchev–Trinajstić information content (AvgIpc) is 2.61. The molecule has 0 aromatic heterocycles. The zero-order valence-corrected chi connectivity index (χ0v) is 17.2. The first-order valence-electron chi connectivity index (χ1n) is 8.18. The molecule has 1 amide bonds. The molecule has 2 aromatic carbocycles. The minimum Gasteiger partial charge on any atom is -0.452 e. The number of esters is 1. The van der Waals surface area contributed by atoms with Gasteiger partial charge in [0.1, 0.15) is 0 Å². The Morgan fingerprint density at radius 3 is 2.37 bits per heavy atom. The van der Waals surface area contributed by atoms with Crippen molar-refractivity contribution < 1.29 is 35.9 Å². The molecular formula is C18H16ClF3N2O5S. The summed E-state index contributed by atoms with van der Waals surface area (Å²) in [4.78, 5) is 23.9. The molecular weight excluding hydrogens is 449 g/mol. The van der Waals surface area contributed by atoms with E-state index in [0.717, 1.165) is 18.2 Å². The summed E-state index contributed by atoms with van der Waals surface area (Å²) in [5.74, 6) is -2.09. The zero-order chi connectivity index (χ0) is 22.9. The number of amides is 1. The fraction of sp³-hybridized carbons (Fsp3) is 0.222. The van der Waals surface area contributed by atoms with E-state index in [9.17, 15) is 31.2 Å². The monoisotopic (exact) mass is 464 g/mol. The van der Waals surface area contributed by atoms with Gasteiger partial charge in [-0.1, -0.05) is 11.6 Å². The van der Waals surface area contributed by atoms with Crippen LogP contribution in [0.5, 0.6) is 0 Å². The van der Waals surface area contributed by atoms with Crippen LogP contribution in [0.15, 0.2) is 35.2 Å². The van der Waals surface area contributed by atoms with Gasteiger partial charge in [-0.3, -0.25) is 4.79 Å². The Labute approximate surface area is 175 Å². The molecule has 0 aliphatic carbocycles. The van der Waals surface area contributed by atoms with Gasteiger partial charge in [-0.05, 0) is 55.3 Å². The highest BCUT2D eigenvalue weighted by Gasteiger charge is 2.34. The van der Waals surface area contributed by atoms with Crippen molar-refractivity contribution in [1.82, 2.24) is 0 Å². The summed E-state index contributed by atoms with van der Waals surface area (Å²) in [6, 6.07) is 5.10. The summed E-state index contributed by atoms with van der Waals surface area (Å²) in [6.07, 6.45) is -4.77. The van der Waals surface area contributed by atoms with Crippen LogP contribution < -0.4 is 10.5 Å². The Morgan fingerprint density at radius 2 is 1.80 bits per heavy atom. The van der Waals surface area contributed by atoms with E-state index >= 15 is 0 Å². The number of nitrogens with one attached hydrogen (secondary N) is 1. The zero-order valence-electron chi connectivity index (χ0n) is 15.6. The second-order valence-electron chi connectivity index (χ2n) is 6.27. The number of hydrogen-bond acceptors (Lipinski definition) is 5. The molecule has 0 fully saturated rings. The molecule has 2 aromatic rings. The molecule has 0 unspecified atom stereocenters. The number of carbonyl (C=O) groups excluding carboxylic acids is 2. The molecule has 0 saturated carbocycles. The van der Waals surface area contributed by atoms with E-state index in [2.05, 4.69) is 0 Å². The molecule has 2 rings (SSSR count). The topological polar surface area (TPSA) is 116 Å². The van der Waals surface area contributed by atoms with E-state index in [1.54, 1.807) is 6.92 Å². The van der Waals surface area contributed by atoms with E-state index in [1.165, 1.54) is 13.0 Å². The van der Waals surface area contributed by atoms with Crippen LogP contribution in [0.4, 0.5) is 18.9 Å². The van der Waals surface area contributed by atoms with Gasteiger partial charge in [0.2, 0.25) is 10.0 Å². The van der Waals surface area contributed by atoms with Gasteiger partial charge in [0, 0.05) is 5.02 Å². The van der Waals surface area contributed by atoms with Crippen molar-refractivity contribution in [3.63, 3.8) is 0 Å². The van der Waals surface area contributed by atoms with Gasteiger partial charge in [0.05, 0.1) is 21.7 Å². The highest BCUT2D eigenvalue weighted by Crippen LogP contribution is 2.36. The fourth-order valence-corrected chi connectivity index (χ4v) is 3.55. The van der Waals surface area contributed by atoms with Gasteiger partial charge in [-0.15, -0.1) is 0 Å². The quantitative estimate of drug-likeness (QED) is 0.658. The lowest BCUT2D eigenvalue weighted by molar-refractivity contribution is -0.137. The maximum Gasteiger partial charge on any atom is 0.418 e. The van der Waals surface area contributed by atoms with Crippen LogP contribution in [0.3, 0.4) is 0 Å². The molecule has 0 heterocycles. The fourth-order valence-electron chi connectivity index (χ4n) is 2.50. The van der Waals surface area contributed by atoms with E-state index in [0.29, 0.717) is 17.2 Å². The minimum absolute atomic E-state index is 0.174. The lowest BCUT2D eigenvalue weighted by Crippen LogP contribution is -2.23. The Kier molecular flexibility index (Phi) is 6.80. The van der Waals surface area contributed by atoms with Gasteiger partial charge in [-0.2, -0.15) is 13.2 Å². The normalized spacial score (nSPS) is 11.8. The molecule has 30 heavy (non-hydrogen) atoms. The molecule has 3 N–H and O–H groups in total. The van der Waals surface area contributed by atoms with E-state index in [-0.39, 0.29) is 15.5 Å². The van der Waals surface area contributed by atoms with E-state index in [4.69, 9.17) is 21.5 Å². The Morgan fingerprint density at radius 1 is 1.17 bits per heavy atom. The molecule has 0 aliphatic heterocycles. The highest BCUT2D eigenvalue weighted by atomic mass is 35.5. The second-order valence-corrected chi connectivity index (χ2v) is 8.24. The number of nitrogens with two attached hydrogens (primary N) is 1. The van der Waals surface area contributed by atoms with Crippen LogP contribution >= 0.6 is 11.6 Å². The first-order chi connectivity index (χ1) is 13.7. The van der Waals surface area contributed by atoms with Crippen LogP contribution in [0.1, 0.15) is 27.0 Å². The van der Waals surface area contributed by atoms with Crippen LogP contribution in [0, 0.1) is 13.8 Å². The van der Waals surface area contributed by atoms with Crippen molar-refractivity contribution in [1.29, 1.82) is 0 Å². The number of sulfonamides is 1. The SMILES string of the molecule is Cc1cc(C(=O)OCC(=O)Nc2ccc(Cl)cc2C(F)(F)F)cc(S(N)(=O)=O)c1C. The van der Waals surface area contributed by atoms with Gasteiger partial charge in [0.15, 0.2) is 6.61 Å². The van der Waals surface area contributed by atoms with Gasteiger partial charge >= 0.3 is 12.1 Å². The third kappa shape index (κ3) is 5.71. The molecule has 0 spiro atoms. The number of halogens is 4. The van der Waals surface area contributed by atoms with Gasteiger partial charge in [-0.25, -0.2) is 18.4 Å². The van der Waals surface area contributed by atoms with Crippen molar-refractivity contribution in [2.75, 3.05) is 11.9 Å². The molecule has 0 atom stereocenters. The molecule has 0 radical (unpaired) electrons. The molecule has 0 saturated heterocycles. The van der Waals surface area contributed by atoms with Crippen molar-refractivity contribution in [3.05, 3.63) is 57.6 Å². The number of benzene rings is 2. The number of primary sulfonamides is 1. The number of carbonyl (C=O) groups is 2. The standard InChI is InChI=1S/C18H16ClF3N2O5S/c1-9-5-11(6-15(10(9)2)30(23,27)28)17(26)29-8-16(25)24-14-4-3-12(19)7-13(14)18(20,21)22/h3-7H,8H2,1-2H3,(H,24,25)(H2,23,27,28). The van der Waals surface area contributed by atoms with Crippen LogP contribution in [0.25, 0.3) is 0 Å². The molecule has 12 heteroatoms. The number of aryl methyl sites for hydroxylation is 1. The van der Waals surface area contributed by atoms with E-state index < -0.39 is 45.9 Å². The minimum atomic E-state index is -4.77. The number of rotatable bonds is 5. The smallest absolute Gasteiger partial charge is 0.418 e. The van der Waals surface area contributed by atoms with Crippen molar-refractivity contribution >= 4 is 39.2 Å². The first-order valence-corrected chi connectivity index (χ1v) is 10.1. The maximum absolute atomic E-state index is 13.1. The summed E-state index contributed by atoms with van der Waals surface area (Å²) in [6.45, 7) is 2.14. The molecule has 0 aliphatic rings. The summed E-state index contributed by atoms with van der Waals surface area (Å²) >= 11 is 5.56. The lowest BCUT2D eigenvalue weighted by atomic mass is 10.1. The Bertz CT molecular complexity index is 1120. The first kappa shape index (κ1) is 23.6. The number of anilines is 1. The number of ether oxygens (including phenoxy) is 1. The summed E-state index contributed by atoms with van der Waals surface area (Å²) in [5.41, 5.74) is -1.13. The van der Waals surface area contributed by atoms with Crippen molar-refractivity contribution in [2.45, 2.75) is 24.9 Å². The van der Waals surface area contributed by atoms with Gasteiger partial charge in [0.25, 0.3) is 5.91 Å². The van der Waals surface area contributed by atoms with Gasteiger partial charge < -0.3 is 10.1 Å². The van der Waals surface area contributed by atoms with E-state index in [1.807, 2.05) is 5.32 Å². The van der Waals surface area contributed by atoms with Crippen LogP contribution in [-0.2, 0) is 25.7 Å². The maximum atomic E-state index is 13.1. The third-order valence-corrected chi connectivity index (χ3v) is 5.33. The third-order valence-electron chi connectivity index (χ3n) is 4.06. The molecule has 162 valence electrons. The average molecular weight is 465 g/mol. The van der Waals surface area contributed by atoms with Crippen LogP contribution in [-0.4, -0.2) is 26.9 Å². The van der Waals surface area contributed by atoms with Crippen molar-refractivity contribution in [2.24, 2.45) is 5.14 Å². The Hall–Kier alpha value is -2.63. The summed E-state index contributed by atoms with van der Waals surface area (Å²) < 4.78 is 67.3. The second kappa shape index (κ2) is 8.62. The number of hydrogen-bond donors (Lipinski definition) is 2. The highest BCUT2D eigenvalue weighted by molar-refractivity contribution is 7.89. The number of alkyl halides is 3. The summed E-state index contributed by atoms with van der Waals surface area (Å²) in [5, 5.41) is 6.94. The summed E-state index contributed by atoms with van der Waals surface area (Å²) in [7, 11) is -4.11.